The molecule has 0 radical (unpaired) electrons. The summed E-state index contributed by atoms with van der Waals surface area (Å²) in [5, 5.41) is 0.266. The lowest BCUT2D eigenvalue weighted by Gasteiger charge is -2.26. The van der Waals surface area contributed by atoms with Crippen LogP contribution in [0.2, 0.25) is 10.0 Å². The molecule has 0 saturated heterocycles. The molecule has 2 nitrogen and oxygen atoms in total. The van der Waals surface area contributed by atoms with E-state index in [1.54, 1.807) is 0 Å². The van der Waals surface area contributed by atoms with Crippen LogP contribution in [0, 0.1) is 0 Å². The fourth-order valence-corrected chi connectivity index (χ4v) is 1.73. The van der Waals surface area contributed by atoms with E-state index >= 15 is 0 Å². The van der Waals surface area contributed by atoms with E-state index in [1.165, 1.54) is 18.2 Å². The number of halogens is 5. The first-order valence-corrected chi connectivity index (χ1v) is 5.64. The lowest BCUT2D eigenvalue weighted by atomic mass is 9.92. The molecule has 0 aliphatic heterocycles. The van der Waals surface area contributed by atoms with Crippen molar-refractivity contribution in [1.82, 2.24) is 0 Å². The summed E-state index contributed by atoms with van der Waals surface area (Å²) in [4.78, 5) is 11.6. The van der Waals surface area contributed by atoms with Crippen LogP contribution in [0.5, 0.6) is 0 Å². The lowest BCUT2D eigenvalue weighted by molar-refractivity contribution is -0.185. The Morgan fingerprint density at radius 1 is 1.28 bits per heavy atom. The van der Waals surface area contributed by atoms with Crippen molar-refractivity contribution < 1.29 is 18.0 Å². The maximum Gasteiger partial charge on any atom is 0.413 e. The van der Waals surface area contributed by atoms with Crippen molar-refractivity contribution in [3.05, 3.63) is 33.8 Å². The molecule has 1 aromatic rings. The van der Waals surface area contributed by atoms with Gasteiger partial charge < -0.3 is 5.73 Å². The number of benzene rings is 1. The van der Waals surface area contributed by atoms with E-state index in [4.69, 9.17) is 28.9 Å². The van der Waals surface area contributed by atoms with Crippen molar-refractivity contribution >= 4 is 29.0 Å². The molecule has 0 aliphatic carbocycles. The van der Waals surface area contributed by atoms with Crippen LogP contribution in [0.15, 0.2) is 18.2 Å². The normalized spacial score (nSPS) is 15.3. The van der Waals surface area contributed by atoms with Crippen LogP contribution in [0.25, 0.3) is 0 Å². The summed E-state index contributed by atoms with van der Waals surface area (Å²) in [6.07, 6.45) is -5.39. The Labute approximate surface area is 112 Å². The number of alkyl halides is 3. The van der Waals surface area contributed by atoms with Gasteiger partial charge in [0.15, 0.2) is 11.3 Å². The summed E-state index contributed by atoms with van der Waals surface area (Å²) in [6.45, 7) is 0.625. The Balaban J connectivity index is 3.03. The predicted octanol–water partition coefficient (Wildman–Crippen LogP) is 3.38. The molecule has 0 aliphatic rings. The number of hydrogen-bond donors (Lipinski definition) is 1. The number of Topliss-reactive ketones (excluding diaryl/α,β-unsaturated/α-hetero) is 1. The van der Waals surface area contributed by atoms with Gasteiger partial charge in [-0.1, -0.05) is 29.3 Å². The standard InChI is InChI=1S/C11H10Cl2F3NO/c1-10(17,11(14,15)16)9(18)5-6-7(12)3-2-4-8(6)13/h2-4H,5,17H2,1H3. The van der Waals surface area contributed by atoms with Crippen LogP contribution in [0.1, 0.15) is 12.5 Å². The minimum Gasteiger partial charge on any atom is -0.312 e. The molecule has 0 fully saturated rings. The third-order valence-corrected chi connectivity index (χ3v) is 3.28. The second-order valence-corrected chi connectivity index (χ2v) is 4.81. The van der Waals surface area contributed by atoms with Gasteiger partial charge in [0.25, 0.3) is 0 Å². The second-order valence-electron chi connectivity index (χ2n) is 4.00. The van der Waals surface area contributed by atoms with Crippen molar-refractivity contribution in [2.24, 2.45) is 5.73 Å². The smallest absolute Gasteiger partial charge is 0.312 e. The fraction of sp³-hybridized carbons (Fsp3) is 0.364. The Bertz CT molecular complexity index is 452. The Hall–Kier alpha value is -0.780. The summed E-state index contributed by atoms with van der Waals surface area (Å²) in [6, 6.07) is 4.42. The third kappa shape index (κ3) is 2.96. The van der Waals surface area contributed by atoms with E-state index in [0.717, 1.165) is 0 Å². The van der Waals surface area contributed by atoms with Gasteiger partial charge in [0.1, 0.15) is 0 Å². The van der Waals surface area contributed by atoms with Gasteiger partial charge in [0, 0.05) is 16.5 Å². The van der Waals surface area contributed by atoms with Gasteiger partial charge in [-0.2, -0.15) is 13.2 Å². The Morgan fingerprint density at radius 3 is 2.11 bits per heavy atom. The summed E-state index contributed by atoms with van der Waals surface area (Å²) in [5.41, 5.74) is 2.25. The molecule has 7 heteroatoms. The number of ketones is 1. The molecule has 1 aromatic carbocycles. The molecule has 0 saturated carbocycles. The zero-order valence-electron chi connectivity index (χ0n) is 9.31. The summed E-state index contributed by atoms with van der Waals surface area (Å²) in [7, 11) is 0. The van der Waals surface area contributed by atoms with Gasteiger partial charge in [0.05, 0.1) is 0 Å². The molecule has 0 aromatic heterocycles. The van der Waals surface area contributed by atoms with Crippen molar-refractivity contribution in [3.8, 4) is 0 Å². The van der Waals surface area contributed by atoms with Crippen molar-refractivity contribution in [3.63, 3.8) is 0 Å². The number of nitrogens with two attached hydrogens (primary N) is 1. The molecule has 1 rings (SSSR count). The highest BCUT2D eigenvalue weighted by Crippen LogP contribution is 2.32. The first-order chi connectivity index (χ1) is 8.07. The van der Waals surface area contributed by atoms with Crippen molar-refractivity contribution in [2.45, 2.75) is 25.1 Å². The molecule has 0 spiro atoms. The summed E-state index contributed by atoms with van der Waals surface area (Å²) < 4.78 is 37.7. The maximum atomic E-state index is 12.6. The molecule has 18 heavy (non-hydrogen) atoms. The summed E-state index contributed by atoms with van der Waals surface area (Å²) >= 11 is 11.6. The molecule has 1 atom stereocenters. The predicted molar refractivity (Wildman–Crippen MR) is 63.8 cm³/mol. The number of carbonyl (C=O) groups is 1. The van der Waals surface area contributed by atoms with E-state index in [9.17, 15) is 18.0 Å². The highest BCUT2D eigenvalue weighted by molar-refractivity contribution is 6.36. The molecule has 100 valence electrons. The highest BCUT2D eigenvalue weighted by atomic mass is 35.5. The average molecular weight is 300 g/mol. The Kier molecular flexibility index (Phi) is 4.30. The van der Waals surface area contributed by atoms with E-state index in [0.29, 0.717) is 6.92 Å². The lowest BCUT2D eigenvalue weighted by Crippen LogP contribution is -2.57. The van der Waals surface area contributed by atoms with Gasteiger partial charge in [-0.15, -0.1) is 0 Å². The minimum absolute atomic E-state index is 0.133. The van der Waals surface area contributed by atoms with Gasteiger partial charge >= 0.3 is 6.18 Å². The molecular formula is C11H10Cl2F3NO. The molecular weight excluding hydrogens is 290 g/mol. The molecule has 0 heterocycles. The average Bonchev–Trinajstić information content (AvgIpc) is 2.21. The van der Waals surface area contributed by atoms with E-state index in [2.05, 4.69) is 0 Å². The zero-order valence-corrected chi connectivity index (χ0v) is 10.8. The van der Waals surface area contributed by atoms with Gasteiger partial charge in [-0.3, -0.25) is 4.79 Å². The molecule has 0 amide bonds. The van der Waals surface area contributed by atoms with Crippen molar-refractivity contribution in [2.75, 3.05) is 0 Å². The van der Waals surface area contributed by atoms with E-state index in [1.807, 2.05) is 0 Å². The third-order valence-electron chi connectivity index (χ3n) is 2.57. The largest absolute Gasteiger partial charge is 0.413 e. The van der Waals surface area contributed by atoms with E-state index in [-0.39, 0.29) is 15.6 Å². The first-order valence-electron chi connectivity index (χ1n) is 4.89. The maximum absolute atomic E-state index is 12.6. The highest BCUT2D eigenvalue weighted by Gasteiger charge is 2.53. The van der Waals surface area contributed by atoms with Gasteiger partial charge in [0.2, 0.25) is 0 Å². The molecule has 0 bridgehead atoms. The number of hydrogen-bond acceptors (Lipinski definition) is 2. The monoisotopic (exact) mass is 299 g/mol. The SMILES string of the molecule is CC(N)(C(=O)Cc1c(Cl)cccc1Cl)C(F)(F)F. The topological polar surface area (TPSA) is 43.1 Å². The second kappa shape index (κ2) is 5.07. The number of rotatable bonds is 3. The van der Waals surface area contributed by atoms with E-state index < -0.39 is 23.9 Å². The Morgan fingerprint density at radius 2 is 1.72 bits per heavy atom. The van der Waals surface area contributed by atoms with Crippen LogP contribution >= 0.6 is 23.2 Å². The number of carbonyl (C=O) groups excluding carboxylic acids is 1. The van der Waals surface area contributed by atoms with Gasteiger partial charge in [-0.25, -0.2) is 0 Å². The fourth-order valence-electron chi connectivity index (χ4n) is 1.20. The zero-order chi connectivity index (χ0) is 14.1. The van der Waals surface area contributed by atoms with Crippen molar-refractivity contribution in [1.29, 1.82) is 0 Å². The molecule has 1 unspecified atom stereocenters. The van der Waals surface area contributed by atoms with Gasteiger partial charge in [-0.05, 0) is 24.6 Å². The van der Waals surface area contributed by atoms with Crippen LogP contribution in [0.4, 0.5) is 13.2 Å². The minimum atomic E-state index is -4.82. The molecule has 2 N–H and O–H groups in total. The quantitative estimate of drug-likeness (QED) is 0.930. The summed E-state index contributed by atoms with van der Waals surface area (Å²) in [5.74, 6) is -1.19. The van der Waals surface area contributed by atoms with Crippen LogP contribution in [-0.2, 0) is 11.2 Å². The van der Waals surface area contributed by atoms with Crippen LogP contribution in [-0.4, -0.2) is 17.5 Å². The van der Waals surface area contributed by atoms with Crippen LogP contribution < -0.4 is 5.73 Å². The first kappa shape index (κ1) is 15.3. The van der Waals surface area contributed by atoms with Crippen LogP contribution in [0.3, 0.4) is 0 Å².